The average molecular weight is 268 g/mol. The Hall–Kier alpha value is -2.05. The van der Waals surface area contributed by atoms with Crippen LogP contribution in [0.2, 0.25) is 5.02 Å². The predicted octanol–water partition coefficient (Wildman–Crippen LogP) is 0.501. The first kappa shape index (κ1) is 12.4. The van der Waals surface area contributed by atoms with Gasteiger partial charge in [-0.3, -0.25) is 15.0 Å². The van der Waals surface area contributed by atoms with Gasteiger partial charge in [0.25, 0.3) is 11.5 Å². The summed E-state index contributed by atoms with van der Waals surface area (Å²) < 4.78 is 1.23. The number of nitrogens with two attached hydrogens (primary N) is 1. The monoisotopic (exact) mass is 267 g/mol. The number of aromatic hydroxyl groups is 1. The van der Waals surface area contributed by atoms with Gasteiger partial charge < -0.3 is 9.67 Å². The molecule has 0 bridgehead atoms. The Bertz CT molecular complexity index is 709. The van der Waals surface area contributed by atoms with Crippen molar-refractivity contribution in [3.63, 3.8) is 0 Å². The molecule has 0 unspecified atom stereocenters. The van der Waals surface area contributed by atoms with Crippen LogP contribution in [-0.4, -0.2) is 15.6 Å². The van der Waals surface area contributed by atoms with Crippen LogP contribution in [0, 0.1) is 0 Å². The normalized spacial score (nSPS) is 10.6. The number of hydrogen-bond acceptors (Lipinski definition) is 4. The van der Waals surface area contributed by atoms with E-state index in [1.807, 2.05) is 5.43 Å². The molecule has 1 aromatic carbocycles. The van der Waals surface area contributed by atoms with Crippen molar-refractivity contribution in [2.24, 2.45) is 12.9 Å². The number of nitrogen functional groups attached to an aromatic ring is 1. The molecule has 1 amide bonds. The van der Waals surface area contributed by atoms with Gasteiger partial charge in [0.1, 0.15) is 11.3 Å². The Kier molecular flexibility index (Phi) is 2.98. The van der Waals surface area contributed by atoms with E-state index in [2.05, 4.69) is 0 Å². The van der Waals surface area contributed by atoms with Crippen LogP contribution < -0.4 is 16.8 Å². The Labute approximate surface area is 107 Å². The van der Waals surface area contributed by atoms with Crippen molar-refractivity contribution in [1.82, 2.24) is 9.99 Å². The molecule has 7 heteroatoms. The molecule has 0 saturated carbocycles. The number of nitrogens with zero attached hydrogens (tertiary/aromatic N) is 1. The molecule has 0 spiro atoms. The second-order valence-electron chi connectivity index (χ2n) is 3.70. The van der Waals surface area contributed by atoms with Crippen molar-refractivity contribution in [2.75, 3.05) is 0 Å². The van der Waals surface area contributed by atoms with Gasteiger partial charge in [0.05, 0.1) is 15.9 Å². The highest BCUT2D eigenvalue weighted by Crippen LogP contribution is 2.31. The maximum Gasteiger partial charge on any atom is 0.274 e. The molecule has 94 valence electrons. The SMILES string of the molecule is Cn1c(=O)c(C(=O)NN)c(O)c2c(Cl)cccc21. The van der Waals surface area contributed by atoms with Crippen molar-refractivity contribution < 1.29 is 9.90 Å². The number of carbonyl (C=O) groups excluding carboxylic acids is 1. The average Bonchev–Trinajstić information content (AvgIpc) is 2.35. The summed E-state index contributed by atoms with van der Waals surface area (Å²) in [5.41, 5.74) is 1.17. The molecule has 0 aliphatic heterocycles. The lowest BCUT2D eigenvalue weighted by molar-refractivity contribution is 0.0949. The van der Waals surface area contributed by atoms with Crippen LogP contribution in [0.4, 0.5) is 0 Å². The van der Waals surface area contributed by atoms with E-state index in [9.17, 15) is 14.7 Å². The molecule has 6 nitrogen and oxygen atoms in total. The Morgan fingerprint density at radius 1 is 1.50 bits per heavy atom. The van der Waals surface area contributed by atoms with Gasteiger partial charge in [0, 0.05) is 7.05 Å². The number of amides is 1. The molecule has 18 heavy (non-hydrogen) atoms. The fourth-order valence-corrected chi connectivity index (χ4v) is 2.07. The third-order valence-corrected chi connectivity index (χ3v) is 3.02. The molecule has 0 atom stereocenters. The smallest absolute Gasteiger partial charge is 0.274 e. The van der Waals surface area contributed by atoms with E-state index in [1.54, 1.807) is 18.2 Å². The first-order chi connectivity index (χ1) is 8.49. The minimum atomic E-state index is -0.866. The fourth-order valence-electron chi connectivity index (χ4n) is 1.81. The lowest BCUT2D eigenvalue weighted by Crippen LogP contribution is -2.36. The predicted molar refractivity (Wildman–Crippen MR) is 67.5 cm³/mol. The molecule has 0 aliphatic rings. The van der Waals surface area contributed by atoms with E-state index in [1.165, 1.54) is 11.6 Å². The third-order valence-electron chi connectivity index (χ3n) is 2.70. The van der Waals surface area contributed by atoms with E-state index < -0.39 is 22.8 Å². The standard InChI is InChI=1S/C11H10ClN3O3/c1-15-6-4-2-3-5(12)7(6)9(16)8(11(15)18)10(17)14-13/h2-4,16H,13H2,1H3,(H,14,17). The first-order valence-corrected chi connectivity index (χ1v) is 5.38. The van der Waals surface area contributed by atoms with Crippen LogP contribution >= 0.6 is 11.6 Å². The molecule has 1 heterocycles. The van der Waals surface area contributed by atoms with Gasteiger partial charge in [-0.2, -0.15) is 0 Å². The Morgan fingerprint density at radius 2 is 2.17 bits per heavy atom. The number of hydrazine groups is 1. The molecule has 0 saturated heterocycles. The van der Waals surface area contributed by atoms with Crippen molar-refractivity contribution in [2.45, 2.75) is 0 Å². The zero-order valence-corrected chi connectivity index (χ0v) is 10.2. The number of halogens is 1. The number of fused-ring (bicyclic) bond motifs is 1. The third kappa shape index (κ3) is 1.62. The molecular weight excluding hydrogens is 258 g/mol. The first-order valence-electron chi connectivity index (χ1n) is 5.00. The van der Waals surface area contributed by atoms with E-state index in [4.69, 9.17) is 17.4 Å². The van der Waals surface area contributed by atoms with Crippen molar-refractivity contribution in [3.8, 4) is 5.75 Å². The second kappa shape index (κ2) is 4.32. The summed E-state index contributed by atoms with van der Waals surface area (Å²) in [4.78, 5) is 23.5. The summed E-state index contributed by atoms with van der Waals surface area (Å²) in [5.74, 6) is 3.65. The highest BCUT2D eigenvalue weighted by atomic mass is 35.5. The maximum absolute atomic E-state index is 12.0. The quantitative estimate of drug-likeness (QED) is 0.398. The molecular formula is C11H10ClN3O3. The highest BCUT2D eigenvalue weighted by molar-refractivity contribution is 6.36. The van der Waals surface area contributed by atoms with Gasteiger partial charge in [-0.25, -0.2) is 5.84 Å². The Morgan fingerprint density at radius 3 is 2.78 bits per heavy atom. The number of hydrogen-bond donors (Lipinski definition) is 3. The Balaban J connectivity index is 3.04. The summed E-state index contributed by atoms with van der Waals surface area (Å²) in [7, 11) is 1.48. The van der Waals surface area contributed by atoms with E-state index in [0.717, 1.165) is 0 Å². The molecule has 2 aromatic rings. The van der Waals surface area contributed by atoms with Crippen LogP contribution in [0.1, 0.15) is 10.4 Å². The van der Waals surface area contributed by atoms with Crippen LogP contribution in [0.15, 0.2) is 23.0 Å². The van der Waals surface area contributed by atoms with Gasteiger partial charge >= 0.3 is 0 Å². The lowest BCUT2D eigenvalue weighted by atomic mass is 10.1. The van der Waals surface area contributed by atoms with Crippen LogP contribution in [0.3, 0.4) is 0 Å². The largest absolute Gasteiger partial charge is 0.506 e. The van der Waals surface area contributed by atoms with Gasteiger partial charge in [-0.05, 0) is 12.1 Å². The van der Waals surface area contributed by atoms with Crippen molar-refractivity contribution in [3.05, 3.63) is 39.1 Å². The van der Waals surface area contributed by atoms with E-state index in [-0.39, 0.29) is 10.4 Å². The molecule has 0 fully saturated rings. The summed E-state index contributed by atoms with van der Waals surface area (Å²) in [5, 5.41) is 10.5. The summed E-state index contributed by atoms with van der Waals surface area (Å²) in [6, 6.07) is 4.82. The number of rotatable bonds is 1. The van der Waals surface area contributed by atoms with Gasteiger partial charge in [0.15, 0.2) is 0 Å². The van der Waals surface area contributed by atoms with Crippen LogP contribution in [0.25, 0.3) is 10.9 Å². The molecule has 1 aromatic heterocycles. The zero-order valence-electron chi connectivity index (χ0n) is 9.40. The second-order valence-corrected chi connectivity index (χ2v) is 4.10. The minimum absolute atomic E-state index is 0.236. The maximum atomic E-state index is 12.0. The summed E-state index contributed by atoms with van der Waals surface area (Å²) in [6.45, 7) is 0. The number of aryl methyl sites for hydroxylation is 1. The molecule has 4 N–H and O–H groups in total. The molecule has 2 rings (SSSR count). The number of benzene rings is 1. The van der Waals surface area contributed by atoms with E-state index >= 15 is 0 Å². The van der Waals surface area contributed by atoms with Gasteiger partial charge in [0.2, 0.25) is 0 Å². The fraction of sp³-hybridized carbons (Fsp3) is 0.0909. The van der Waals surface area contributed by atoms with Gasteiger partial charge in [-0.1, -0.05) is 17.7 Å². The lowest BCUT2D eigenvalue weighted by Gasteiger charge is -2.11. The zero-order chi connectivity index (χ0) is 13.4. The van der Waals surface area contributed by atoms with Crippen molar-refractivity contribution in [1.29, 1.82) is 0 Å². The molecule has 0 radical (unpaired) electrons. The number of carbonyl (C=O) groups is 1. The number of nitrogens with one attached hydrogen (secondary N) is 1. The number of pyridine rings is 1. The summed E-state index contributed by atoms with van der Waals surface area (Å²) in [6.07, 6.45) is 0. The van der Waals surface area contributed by atoms with E-state index in [0.29, 0.717) is 5.52 Å². The number of aromatic nitrogens is 1. The van der Waals surface area contributed by atoms with Crippen LogP contribution in [-0.2, 0) is 7.05 Å². The van der Waals surface area contributed by atoms with Crippen molar-refractivity contribution >= 4 is 28.4 Å². The molecule has 0 aliphatic carbocycles. The minimum Gasteiger partial charge on any atom is -0.506 e. The van der Waals surface area contributed by atoms with Gasteiger partial charge in [-0.15, -0.1) is 0 Å². The topological polar surface area (TPSA) is 97.4 Å². The highest BCUT2D eigenvalue weighted by Gasteiger charge is 2.21. The van der Waals surface area contributed by atoms with Crippen LogP contribution in [0.5, 0.6) is 5.75 Å². The summed E-state index contributed by atoms with van der Waals surface area (Å²) >= 11 is 5.97.